The van der Waals surface area contributed by atoms with Gasteiger partial charge in [-0.25, -0.2) is 4.79 Å². The Labute approximate surface area is 120 Å². The Morgan fingerprint density at radius 2 is 2.15 bits per heavy atom. The number of anilines is 1. The van der Waals surface area contributed by atoms with Gasteiger partial charge >= 0.3 is 5.97 Å². The fourth-order valence-corrected chi connectivity index (χ4v) is 2.28. The highest BCUT2D eigenvalue weighted by Gasteiger charge is 2.16. The maximum absolute atomic E-state index is 10.9. The second-order valence-corrected chi connectivity index (χ2v) is 5.14. The molecule has 0 amide bonds. The van der Waals surface area contributed by atoms with Crippen molar-refractivity contribution in [1.29, 1.82) is 0 Å². The maximum Gasteiger partial charge on any atom is 0.335 e. The number of nitrogens with zero attached hydrogens (tertiary/aromatic N) is 1. The van der Waals surface area contributed by atoms with Gasteiger partial charge in [0.2, 0.25) is 0 Å². The van der Waals surface area contributed by atoms with Crippen LogP contribution in [0.3, 0.4) is 0 Å². The molecular formula is C12H16N2O5S. The summed E-state index contributed by atoms with van der Waals surface area (Å²) in [5.74, 6) is 0.407. The van der Waals surface area contributed by atoms with Gasteiger partial charge in [-0.2, -0.15) is 11.8 Å². The standard InChI is InChI=1S/C12H16N2O5S/c15-5-1-6-20-7-4-13-10-8-9(12(16)17)2-3-11(10)14(18)19/h2-3,8,13,15H,1,4-7H2,(H,16,17). The maximum atomic E-state index is 10.9. The largest absolute Gasteiger partial charge is 0.478 e. The quantitative estimate of drug-likeness (QED) is 0.362. The molecule has 20 heavy (non-hydrogen) atoms. The summed E-state index contributed by atoms with van der Waals surface area (Å²) in [4.78, 5) is 21.2. The molecule has 110 valence electrons. The van der Waals surface area contributed by atoms with Crippen molar-refractivity contribution in [2.45, 2.75) is 6.42 Å². The van der Waals surface area contributed by atoms with E-state index < -0.39 is 10.9 Å². The molecule has 3 N–H and O–H groups in total. The Morgan fingerprint density at radius 1 is 1.40 bits per heavy atom. The van der Waals surface area contributed by atoms with Crippen LogP contribution in [0, 0.1) is 10.1 Å². The molecule has 0 aliphatic carbocycles. The minimum Gasteiger partial charge on any atom is -0.478 e. The summed E-state index contributed by atoms with van der Waals surface area (Å²) >= 11 is 1.61. The van der Waals surface area contributed by atoms with Crippen LogP contribution in [-0.2, 0) is 0 Å². The van der Waals surface area contributed by atoms with Gasteiger partial charge in [-0.3, -0.25) is 10.1 Å². The van der Waals surface area contributed by atoms with Gasteiger partial charge in [0.15, 0.2) is 0 Å². The third-order valence-corrected chi connectivity index (χ3v) is 3.52. The van der Waals surface area contributed by atoms with E-state index in [0.29, 0.717) is 18.7 Å². The van der Waals surface area contributed by atoms with Crippen LogP contribution in [0.5, 0.6) is 0 Å². The van der Waals surface area contributed by atoms with Crippen molar-refractivity contribution in [3.05, 3.63) is 33.9 Å². The van der Waals surface area contributed by atoms with E-state index in [1.807, 2.05) is 0 Å². The van der Waals surface area contributed by atoms with E-state index >= 15 is 0 Å². The number of nitro benzene ring substituents is 1. The highest BCUT2D eigenvalue weighted by Crippen LogP contribution is 2.25. The molecule has 0 radical (unpaired) electrons. The summed E-state index contributed by atoms with van der Waals surface area (Å²) in [6.07, 6.45) is 0.708. The van der Waals surface area contributed by atoms with Crippen molar-refractivity contribution in [3.8, 4) is 0 Å². The van der Waals surface area contributed by atoms with Gasteiger partial charge < -0.3 is 15.5 Å². The van der Waals surface area contributed by atoms with Gasteiger partial charge in [0.05, 0.1) is 10.5 Å². The van der Waals surface area contributed by atoms with Crippen LogP contribution in [0.4, 0.5) is 11.4 Å². The minimum atomic E-state index is -1.12. The SMILES string of the molecule is O=C(O)c1ccc([N+](=O)[O-])c(NCCSCCCO)c1. The van der Waals surface area contributed by atoms with E-state index in [9.17, 15) is 14.9 Å². The topological polar surface area (TPSA) is 113 Å². The van der Waals surface area contributed by atoms with Crippen LogP contribution < -0.4 is 5.32 Å². The lowest BCUT2D eigenvalue weighted by molar-refractivity contribution is -0.384. The Balaban J connectivity index is 2.63. The molecule has 1 aromatic rings. The van der Waals surface area contributed by atoms with Crippen LogP contribution in [0.25, 0.3) is 0 Å². The number of nitro groups is 1. The van der Waals surface area contributed by atoms with Gasteiger partial charge in [-0.1, -0.05) is 0 Å². The second-order valence-electron chi connectivity index (χ2n) is 3.91. The monoisotopic (exact) mass is 300 g/mol. The van der Waals surface area contributed by atoms with E-state index in [4.69, 9.17) is 10.2 Å². The first-order valence-corrected chi connectivity index (χ1v) is 7.16. The van der Waals surface area contributed by atoms with Crippen LogP contribution >= 0.6 is 11.8 Å². The van der Waals surface area contributed by atoms with Crippen molar-refractivity contribution >= 4 is 29.1 Å². The molecule has 0 saturated carbocycles. The number of hydrogen-bond acceptors (Lipinski definition) is 6. The fourth-order valence-electron chi connectivity index (χ4n) is 1.50. The lowest BCUT2D eigenvalue weighted by Crippen LogP contribution is -2.08. The van der Waals surface area contributed by atoms with Crippen molar-refractivity contribution < 1.29 is 19.9 Å². The lowest BCUT2D eigenvalue weighted by atomic mass is 10.1. The predicted octanol–water partition coefficient (Wildman–Crippen LogP) is 1.82. The number of benzene rings is 1. The molecule has 8 heteroatoms. The summed E-state index contributed by atoms with van der Waals surface area (Å²) in [5, 5.41) is 31.2. The van der Waals surface area contributed by atoms with Gasteiger partial charge in [-0.05, 0) is 24.3 Å². The molecule has 0 aromatic heterocycles. The van der Waals surface area contributed by atoms with Crippen LogP contribution in [-0.4, -0.2) is 45.8 Å². The Hall–Kier alpha value is -1.80. The number of carboxylic acid groups (broad SMARTS) is 1. The van der Waals surface area contributed by atoms with E-state index in [-0.39, 0.29) is 23.5 Å². The highest BCUT2D eigenvalue weighted by atomic mass is 32.2. The lowest BCUT2D eigenvalue weighted by Gasteiger charge is -2.07. The van der Waals surface area contributed by atoms with Gasteiger partial charge in [0.1, 0.15) is 5.69 Å². The number of carboxylic acids is 1. The fraction of sp³-hybridized carbons (Fsp3) is 0.417. The number of rotatable bonds is 9. The molecule has 0 bridgehead atoms. The van der Waals surface area contributed by atoms with Crippen molar-refractivity contribution in [2.24, 2.45) is 0 Å². The molecule has 0 spiro atoms. The van der Waals surface area contributed by atoms with E-state index in [1.54, 1.807) is 11.8 Å². The van der Waals surface area contributed by atoms with Gasteiger partial charge in [0, 0.05) is 25.0 Å². The summed E-state index contributed by atoms with van der Waals surface area (Å²) in [7, 11) is 0. The Bertz CT molecular complexity index is 481. The Morgan fingerprint density at radius 3 is 2.75 bits per heavy atom. The number of hydrogen-bond donors (Lipinski definition) is 3. The predicted molar refractivity (Wildman–Crippen MR) is 77.6 cm³/mol. The van der Waals surface area contributed by atoms with Crippen LogP contribution in [0.2, 0.25) is 0 Å². The van der Waals surface area contributed by atoms with Crippen molar-refractivity contribution in [1.82, 2.24) is 0 Å². The summed E-state index contributed by atoms with van der Waals surface area (Å²) < 4.78 is 0. The molecule has 1 rings (SSSR count). The summed E-state index contributed by atoms with van der Waals surface area (Å²) in [6.45, 7) is 0.632. The zero-order valence-electron chi connectivity index (χ0n) is 10.7. The number of aromatic carboxylic acids is 1. The highest BCUT2D eigenvalue weighted by molar-refractivity contribution is 7.99. The number of nitrogens with one attached hydrogen (secondary N) is 1. The third kappa shape index (κ3) is 5.06. The van der Waals surface area contributed by atoms with Crippen molar-refractivity contribution in [3.63, 3.8) is 0 Å². The number of carbonyl (C=O) groups is 1. The average Bonchev–Trinajstić information content (AvgIpc) is 2.42. The molecule has 1 aromatic carbocycles. The number of aliphatic hydroxyl groups excluding tert-OH is 1. The molecule has 0 aliphatic heterocycles. The smallest absolute Gasteiger partial charge is 0.335 e. The molecule has 0 aliphatic rings. The van der Waals surface area contributed by atoms with Gasteiger partial charge in [-0.15, -0.1) is 0 Å². The second kappa shape index (κ2) is 8.39. The molecule has 0 saturated heterocycles. The summed E-state index contributed by atoms with van der Waals surface area (Å²) in [5.41, 5.74) is 0.0686. The average molecular weight is 300 g/mol. The number of thioether (sulfide) groups is 1. The summed E-state index contributed by atoms with van der Waals surface area (Å²) in [6, 6.07) is 3.66. The third-order valence-electron chi connectivity index (χ3n) is 2.45. The van der Waals surface area contributed by atoms with E-state index in [0.717, 1.165) is 5.75 Å². The molecule has 0 heterocycles. The van der Waals surface area contributed by atoms with E-state index in [1.165, 1.54) is 18.2 Å². The van der Waals surface area contributed by atoms with Crippen molar-refractivity contribution in [2.75, 3.05) is 30.0 Å². The van der Waals surface area contributed by atoms with Gasteiger partial charge in [0.25, 0.3) is 5.69 Å². The number of aliphatic hydroxyl groups is 1. The van der Waals surface area contributed by atoms with E-state index in [2.05, 4.69) is 5.32 Å². The first-order valence-electron chi connectivity index (χ1n) is 6.00. The Kier molecular flexibility index (Phi) is 6.82. The molecule has 0 fully saturated rings. The first-order chi connectivity index (χ1) is 9.56. The van der Waals surface area contributed by atoms with Crippen LogP contribution in [0.1, 0.15) is 16.8 Å². The first kappa shape index (κ1) is 16.3. The molecule has 0 unspecified atom stereocenters. The molecule has 0 atom stereocenters. The minimum absolute atomic E-state index is 0.00559. The molecular weight excluding hydrogens is 284 g/mol. The normalized spacial score (nSPS) is 10.2. The zero-order valence-corrected chi connectivity index (χ0v) is 11.6. The van der Waals surface area contributed by atoms with Crippen LogP contribution in [0.15, 0.2) is 18.2 Å². The zero-order chi connectivity index (χ0) is 15.0. The molecule has 7 nitrogen and oxygen atoms in total.